The second kappa shape index (κ2) is 12.3. The second-order valence-corrected chi connectivity index (χ2v) is 10.8. The average Bonchev–Trinajstić information content (AvgIpc) is 3.23. The van der Waals surface area contributed by atoms with Gasteiger partial charge in [-0.2, -0.15) is 5.26 Å². The third kappa shape index (κ3) is 6.27. The normalized spacial score (nSPS) is 13.9. The number of halogens is 1. The number of nitrogens with one attached hydrogen (secondary N) is 1. The van der Waals surface area contributed by atoms with Crippen LogP contribution in [0.1, 0.15) is 16.7 Å². The first-order chi connectivity index (χ1) is 19.9. The molecule has 0 saturated carbocycles. The molecule has 1 aliphatic rings. The van der Waals surface area contributed by atoms with E-state index in [9.17, 15) is 14.4 Å². The van der Waals surface area contributed by atoms with E-state index in [1.165, 1.54) is 7.11 Å². The first kappa shape index (κ1) is 28.0. The minimum Gasteiger partial charge on any atom is -0.493 e. The van der Waals surface area contributed by atoms with Crippen molar-refractivity contribution in [2.45, 2.75) is 6.61 Å². The molecule has 1 heterocycles. The van der Waals surface area contributed by atoms with Gasteiger partial charge in [-0.25, -0.2) is 0 Å². The highest BCUT2D eigenvalue weighted by Gasteiger charge is 2.36. The van der Waals surface area contributed by atoms with Gasteiger partial charge in [-0.05, 0) is 80.6 Å². The molecule has 204 valence electrons. The van der Waals surface area contributed by atoms with Crippen LogP contribution in [0.25, 0.3) is 16.8 Å². The Kier molecular flexibility index (Phi) is 8.38. The molecule has 0 aliphatic carbocycles. The van der Waals surface area contributed by atoms with E-state index in [2.05, 4.69) is 27.3 Å². The van der Waals surface area contributed by atoms with Crippen LogP contribution in [-0.4, -0.2) is 35.6 Å². The van der Waals surface area contributed by atoms with E-state index in [0.29, 0.717) is 32.8 Å². The van der Waals surface area contributed by atoms with Crippen molar-refractivity contribution in [1.82, 2.24) is 4.90 Å². The number of thioether (sulfide) groups is 1. The topological polar surface area (TPSA) is 109 Å². The Labute approximate surface area is 248 Å². The van der Waals surface area contributed by atoms with Crippen LogP contribution in [0.5, 0.6) is 11.5 Å². The van der Waals surface area contributed by atoms with Crippen molar-refractivity contribution in [3.05, 3.63) is 105 Å². The molecule has 0 atom stereocenters. The van der Waals surface area contributed by atoms with Crippen molar-refractivity contribution in [2.24, 2.45) is 0 Å². The van der Waals surface area contributed by atoms with Crippen LogP contribution >= 0.6 is 27.7 Å². The van der Waals surface area contributed by atoms with Gasteiger partial charge in [0.15, 0.2) is 11.5 Å². The minimum atomic E-state index is -0.552. The van der Waals surface area contributed by atoms with Crippen molar-refractivity contribution in [3.63, 3.8) is 0 Å². The lowest BCUT2D eigenvalue weighted by molar-refractivity contribution is -0.127. The van der Waals surface area contributed by atoms with E-state index >= 15 is 0 Å². The summed E-state index contributed by atoms with van der Waals surface area (Å²) in [5.74, 6) is -0.137. The van der Waals surface area contributed by atoms with E-state index in [1.54, 1.807) is 36.4 Å². The van der Waals surface area contributed by atoms with Gasteiger partial charge in [0.2, 0.25) is 5.91 Å². The molecule has 0 spiro atoms. The maximum atomic E-state index is 13.1. The van der Waals surface area contributed by atoms with Crippen LogP contribution in [0, 0.1) is 11.3 Å². The molecule has 0 radical (unpaired) electrons. The first-order valence-corrected chi connectivity index (χ1v) is 14.0. The predicted octanol–water partition coefficient (Wildman–Crippen LogP) is 6.74. The van der Waals surface area contributed by atoms with Crippen LogP contribution in [0.2, 0.25) is 0 Å². The van der Waals surface area contributed by atoms with Gasteiger partial charge in [-0.15, -0.1) is 0 Å². The number of hydrogen-bond acceptors (Lipinski definition) is 7. The van der Waals surface area contributed by atoms with E-state index in [4.69, 9.17) is 14.7 Å². The standard InChI is InChI=1S/C31H22BrN3O5S/c1-39-26-14-21(13-24(32)29(26)40-18-20-11-9-19(16-33)10-12-20)15-27-30(37)35(31(38)41-27)17-28(36)34-25-8-4-6-22-5-2-3-7-23(22)25/h2-15H,17-18H2,1H3,(H,34,36)/b27-15+. The van der Waals surface area contributed by atoms with E-state index in [0.717, 1.165) is 33.0 Å². The van der Waals surface area contributed by atoms with Crippen LogP contribution < -0.4 is 14.8 Å². The number of fused-ring (bicyclic) bond motifs is 1. The molecule has 1 fully saturated rings. The Morgan fingerprint density at radius 1 is 1.07 bits per heavy atom. The van der Waals surface area contributed by atoms with Gasteiger partial charge in [-0.1, -0.05) is 48.5 Å². The van der Waals surface area contributed by atoms with Crippen LogP contribution in [0.4, 0.5) is 10.5 Å². The molecule has 3 amide bonds. The monoisotopic (exact) mass is 627 g/mol. The highest BCUT2D eigenvalue weighted by molar-refractivity contribution is 9.10. The number of anilines is 1. The molecule has 4 aromatic carbocycles. The van der Waals surface area contributed by atoms with Gasteiger partial charge in [0.1, 0.15) is 13.2 Å². The molecule has 1 aliphatic heterocycles. The molecule has 0 bridgehead atoms. The average molecular weight is 629 g/mol. The number of carbonyl (C=O) groups is 3. The largest absolute Gasteiger partial charge is 0.493 e. The highest BCUT2D eigenvalue weighted by Crippen LogP contribution is 2.39. The zero-order chi connectivity index (χ0) is 28.9. The summed E-state index contributed by atoms with van der Waals surface area (Å²) < 4.78 is 12.1. The van der Waals surface area contributed by atoms with Gasteiger partial charge in [-0.3, -0.25) is 19.3 Å². The van der Waals surface area contributed by atoms with Crippen molar-refractivity contribution in [2.75, 3.05) is 19.0 Å². The number of hydrogen-bond donors (Lipinski definition) is 1. The molecule has 41 heavy (non-hydrogen) atoms. The fraction of sp³-hybridized carbons (Fsp3) is 0.0968. The highest BCUT2D eigenvalue weighted by atomic mass is 79.9. The maximum absolute atomic E-state index is 13.1. The fourth-order valence-electron chi connectivity index (χ4n) is 4.25. The molecule has 5 rings (SSSR count). The predicted molar refractivity (Wildman–Crippen MR) is 161 cm³/mol. The number of rotatable bonds is 8. The number of nitrogens with zero attached hydrogens (tertiary/aromatic N) is 2. The van der Waals surface area contributed by atoms with Crippen molar-refractivity contribution in [3.8, 4) is 17.6 Å². The number of amides is 3. The van der Waals surface area contributed by atoms with Crippen molar-refractivity contribution < 1.29 is 23.9 Å². The number of methoxy groups -OCH3 is 1. The first-order valence-electron chi connectivity index (χ1n) is 12.4. The van der Waals surface area contributed by atoms with Crippen molar-refractivity contribution >= 4 is 67.3 Å². The van der Waals surface area contributed by atoms with Gasteiger partial charge in [0.05, 0.1) is 28.1 Å². The summed E-state index contributed by atoms with van der Waals surface area (Å²) in [7, 11) is 1.50. The van der Waals surface area contributed by atoms with Crippen LogP contribution in [-0.2, 0) is 16.2 Å². The van der Waals surface area contributed by atoms with Gasteiger partial charge in [0.25, 0.3) is 11.1 Å². The third-order valence-electron chi connectivity index (χ3n) is 6.25. The zero-order valence-electron chi connectivity index (χ0n) is 21.7. The quantitative estimate of drug-likeness (QED) is 0.216. The number of nitriles is 1. The molecular weight excluding hydrogens is 606 g/mol. The van der Waals surface area contributed by atoms with E-state index in [-0.39, 0.29) is 11.5 Å². The smallest absolute Gasteiger partial charge is 0.294 e. The summed E-state index contributed by atoms with van der Waals surface area (Å²) in [5.41, 5.74) is 2.64. The third-order valence-corrected chi connectivity index (χ3v) is 7.75. The minimum absolute atomic E-state index is 0.188. The lowest BCUT2D eigenvalue weighted by Gasteiger charge is -2.14. The number of carbonyl (C=O) groups excluding carboxylic acids is 3. The van der Waals surface area contributed by atoms with Gasteiger partial charge >= 0.3 is 0 Å². The van der Waals surface area contributed by atoms with E-state index in [1.807, 2.05) is 48.5 Å². The molecule has 0 aromatic heterocycles. The lowest BCUT2D eigenvalue weighted by atomic mass is 10.1. The Balaban J connectivity index is 1.28. The Morgan fingerprint density at radius 2 is 1.83 bits per heavy atom. The summed E-state index contributed by atoms with van der Waals surface area (Å²) in [6, 6.07) is 25.7. The maximum Gasteiger partial charge on any atom is 0.294 e. The molecule has 1 N–H and O–H groups in total. The molecule has 10 heteroatoms. The summed E-state index contributed by atoms with van der Waals surface area (Å²) in [5, 5.41) is 13.1. The van der Waals surface area contributed by atoms with Gasteiger partial charge in [0, 0.05) is 11.1 Å². The van der Waals surface area contributed by atoms with Crippen LogP contribution in [0.3, 0.4) is 0 Å². The molecule has 1 saturated heterocycles. The Bertz CT molecular complexity index is 1740. The second-order valence-electron chi connectivity index (χ2n) is 8.97. The summed E-state index contributed by atoms with van der Waals surface area (Å²) in [6.45, 7) is -0.153. The summed E-state index contributed by atoms with van der Waals surface area (Å²) in [4.78, 5) is 39.7. The van der Waals surface area contributed by atoms with E-state index < -0.39 is 23.6 Å². The Hall–Kier alpha value is -4.59. The van der Waals surface area contributed by atoms with Gasteiger partial charge < -0.3 is 14.8 Å². The summed E-state index contributed by atoms with van der Waals surface area (Å²) in [6.07, 6.45) is 1.57. The fourth-order valence-corrected chi connectivity index (χ4v) is 5.66. The number of benzene rings is 4. The molecule has 4 aromatic rings. The Morgan fingerprint density at radius 3 is 2.59 bits per heavy atom. The summed E-state index contributed by atoms with van der Waals surface area (Å²) >= 11 is 4.28. The lowest BCUT2D eigenvalue weighted by Crippen LogP contribution is -2.36. The van der Waals surface area contributed by atoms with Crippen LogP contribution in [0.15, 0.2) is 88.2 Å². The van der Waals surface area contributed by atoms with Crippen molar-refractivity contribution in [1.29, 1.82) is 5.26 Å². The number of imide groups is 1. The number of ether oxygens (including phenoxy) is 2. The zero-order valence-corrected chi connectivity index (χ0v) is 24.1. The molecule has 0 unspecified atom stereocenters. The molecular formula is C31H22BrN3O5S. The SMILES string of the molecule is COc1cc(/C=C2/SC(=O)N(CC(=O)Nc3cccc4ccccc34)C2=O)cc(Br)c1OCc1ccc(C#N)cc1. The molecule has 8 nitrogen and oxygen atoms in total.